The summed E-state index contributed by atoms with van der Waals surface area (Å²) in [5.74, 6) is 1.31. The molecule has 0 aliphatic carbocycles. The second kappa shape index (κ2) is 9.82. The highest BCUT2D eigenvalue weighted by atomic mass is 32.2. The highest BCUT2D eigenvalue weighted by Gasteiger charge is 2.25. The molecule has 9 heteroatoms. The third kappa shape index (κ3) is 5.43. The van der Waals surface area contributed by atoms with Crippen molar-refractivity contribution in [2.75, 3.05) is 40.5 Å². The fourth-order valence-corrected chi connectivity index (χ4v) is 4.11. The van der Waals surface area contributed by atoms with Crippen LogP contribution in [0.4, 0.5) is 0 Å². The molecule has 2 aromatic rings. The predicted octanol–water partition coefficient (Wildman–Crippen LogP) is 1.84. The summed E-state index contributed by atoms with van der Waals surface area (Å²) in [6.45, 7) is 1.11. The van der Waals surface area contributed by atoms with E-state index >= 15 is 0 Å². The van der Waals surface area contributed by atoms with Crippen LogP contribution in [0.2, 0.25) is 0 Å². The highest BCUT2D eigenvalue weighted by molar-refractivity contribution is 7.89. The van der Waals surface area contributed by atoms with Crippen LogP contribution < -0.4 is 19.5 Å². The van der Waals surface area contributed by atoms with E-state index in [2.05, 4.69) is 5.32 Å². The molecule has 0 unspecified atom stereocenters. The summed E-state index contributed by atoms with van der Waals surface area (Å²) in [7, 11) is -0.862. The number of benzene rings is 2. The Morgan fingerprint density at radius 3 is 2.50 bits per heavy atom. The van der Waals surface area contributed by atoms with Crippen LogP contribution in [-0.4, -0.2) is 59.1 Å². The maximum atomic E-state index is 12.8. The summed E-state index contributed by atoms with van der Waals surface area (Å²) in [4.78, 5) is 12.3. The third-order valence-electron chi connectivity index (χ3n) is 4.69. The van der Waals surface area contributed by atoms with Gasteiger partial charge in [-0.25, -0.2) is 8.42 Å². The number of rotatable bonds is 8. The molecular formula is C21H26N2O6S. The fourth-order valence-electron chi connectivity index (χ4n) is 2.97. The van der Waals surface area contributed by atoms with Crippen molar-refractivity contribution < 1.29 is 27.4 Å². The molecule has 0 saturated carbocycles. The Balaban J connectivity index is 1.55. The highest BCUT2D eigenvalue weighted by Crippen LogP contribution is 2.32. The van der Waals surface area contributed by atoms with Crippen LogP contribution in [0.5, 0.6) is 17.2 Å². The fraction of sp³-hybridized carbons (Fsp3) is 0.381. The van der Waals surface area contributed by atoms with E-state index in [9.17, 15) is 13.2 Å². The minimum absolute atomic E-state index is 0.0558. The Bertz CT molecular complexity index is 975. The van der Waals surface area contributed by atoms with Gasteiger partial charge in [0.15, 0.2) is 11.5 Å². The molecule has 1 N–H and O–H groups in total. The van der Waals surface area contributed by atoms with Crippen LogP contribution >= 0.6 is 0 Å². The van der Waals surface area contributed by atoms with Crippen molar-refractivity contribution >= 4 is 15.9 Å². The SMILES string of the molecule is COc1ccc(CCNC(=O)CN(C)S(=O)(=O)c2ccc3c(c2)OCCCO3)cc1. The van der Waals surface area contributed by atoms with Crippen molar-refractivity contribution in [1.82, 2.24) is 9.62 Å². The smallest absolute Gasteiger partial charge is 0.243 e. The van der Waals surface area contributed by atoms with Crippen LogP contribution in [0.25, 0.3) is 0 Å². The summed E-state index contributed by atoms with van der Waals surface area (Å²) >= 11 is 0. The van der Waals surface area contributed by atoms with Crippen molar-refractivity contribution in [2.24, 2.45) is 0 Å². The average Bonchev–Trinajstić information content (AvgIpc) is 2.99. The van der Waals surface area contributed by atoms with Gasteiger partial charge in [0.05, 0.1) is 31.8 Å². The summed E-state index contributed by atoms with van der Waals surface area (Å²) in [6.07, 6.45) is 1.36. The number of fused-ring (bicyclic) bond motifs is 1. The van der Waals surface area contributed by atoms with Crippen LogP contribution in [-0.2, 0) is 21.2 Å². The second-order valence-corrected chi connectivity index (χ2v) is 8.91. The molecule has 0 bridgehead atoms. The minimum Gasteiger partial charge on any atom is -0.497 e. The lowest BCUT2D eigenvalue weighted by molar-refractivity contribution is -0.121. The molecule has 0 radical (unpaired) electrons. The van der Waals surface area contributed by atoms with E-state index in [0.717, 1.165) is 22.0 Å². The molecule has 1 aliphatic heterocycles. The Labute approximate surface area is 176 Å². The molecule has 0 spiro atoms. The molecule has 8 nitrogen and oxygen atoms in total. The van der Waals surface area contributed by atoms with Gasteiger partial charge < -0.3 is 19.5 Å². The Hall–Kier alpha value is -2.78. The lowest BCUT2D eigenvalue weighted by Crippen LogP contribution is -2.39. The van der Waals surface area contributed by atoms with Gasteiger partial charge in [0.25, 0.3) is 0 Å². The summed E-state index contributed by atoms with van der Waals surface area (Å²) in [5, 5.41) is 2.75. The van der Waals surface area contributed by atoms with E-state index in [0.29, 0.717) is 37.7 Å². The molecule has 2 aromatic carbocycles. The number of carbonyl (C=O) groups is 1. The molecule has 30 heavy (non-hydrogen) atoms. The number of carbonyl (C=O) groups excluding carboxylic acids is 1. The Kier molecular flexibility index (Phi) is 7.17. The monoisotopic (exact) mass is 434 g/mol. The molecular weight excluding hydrogens is 408 g/mol. The molecule has 1 aliphatic rings. The molecule has 162 valence electrons. The van der Waals surface area contributed by atoms with E-state index < -0.39 is 10.0 Å². The first kappa shape index (κ1) is 21.9. The number of nitrogens with one attached hydrogen (secondary N) is 1. The lowest BCUT2D eigenvalue weighted by atomic mass is 10.1. The zero-order chi connectivity index (χ0) is 21.6. The molecule has 3 rings (SSSR count). The number of amides is 1. The summed E-state index contributed by atoms with van der Waals surface area (Å²) in [6, 6.07) is 12.0. The quantitative estimate of drug-likeness (QED) is 0.681. The minimum atomic E-state index is -3.84. The van der Waals surface area contributed by atoms with E-state index in [1.54, 1.807) is 13.2 Å². The first-order valence-corrected chi connectivity index (χ1v) is 11.1. The first-order chi connectivity index (χ1) is 14.4. The van der Waals surface area contributed by atoms with Gasteiger partial charge in [0.1, 0.15) is 5.75 Å². The van der Waals surface area contributed by atoms with Crippen molar-refractivity contribution in [3.63, 3.8) is 0 Å². The Morgan fingerprint density at radius 2 is 1.80 bits per heavy atom. The molecule has 1 heterocycles. The van der Waals surface area contributed by atoms with Gasteiger partial charge in [0.2, 0.25) is 15.9 Å². The van der Waals surface area contributed by atoms with Crippen LogP contribution in [0.15, 0.2) is 47.4 Å². The number of hydrogen-bond acceptors (Lipinski definition) is 6. The normalized spacial score (nSPS) is 13.6. The van der Waals surface area contributed by atoms with Crippen LogP contribution in [0.3, 0.4) is 0 Å². The largest absolute Gasteiger partial charge is 0.497 e. The van der Waals surface area contributed by atoms with Crippen LogP contribution in [0, 0.1) is 0 Å². The maximum absolute atomic E-state index is 12.8. The van der Waals surface area contributed by atoms with Gasteiger partial charge in [-0.2, -0.15) is 4.31 Å². The van der Waals surface area contributed by atoms with Crippen molar-refractivity contribution in [3.8, 4) is 17.2 Å². The van der Waals surface area contributed by atoms with E-state index in [-0.39, 0.29) is 17.3 Å². The number of ether oxygens (including phenoxy) is 3. The van der Waals surface area contributed by atoms with Crippen molar-refractivity contribution in [3.05, 3.63) is 48.0 Å². The van der Waals surface area contributed by atoms with Crippen molar-refractivity contribution in [1.29, 1.82) is 0 Å². The zero-order valence-corrected chi connectivity index (χ0v) is 17.9. The maximum Gasteiger partial charge on any atom is 0.243 e. The first-order valence-electron chi connectivity index (χ1n) is 9.66. The van der Waals surface area contributed by atoms with Gasteiger partial charge in [-0.1, -0.05) is 12.1 Å². The number of likely N-dealkylation sites (N-methyl/N-ethyl adjacent to an activating group) is 1. The van der Waals surface area contributed by atoms with E-state index in [4.69, 9.17) is 14.2 Å². The predicted molar refractivity (Wildman–Crippen MR) is 112 cm³/mol. The van der Waals surface area contributed by atoms with E-state index in [1.807, 2.05) is 24.3 Å². The standard InChI is InChI=1S/C21H26N2O6S/c1-23(15-21(24)22-11-10-16-4-6-17(27-2)7-5-16)30(25,26)18-8-9-19-20(14-18)29-13-3-12-28-19/h4-9,14H,3,10-13,15H2,1-2H3,(H,22,24). The average molecular weight is 435 g/mol. The number of methoxy groups -OCH3 is 1. The topological polar surface area (TPSA) is 94.2 Å². The number of sulfonamides is 1. The molecule has 0 atom stereocenters. The molecule has 0 aromatic heterocycles. The van der Waals surface area contributed by atoms with Gasteiger partial charge in [-0.05, 0) is 36.2 Å². The second-order valence-electron chi connectivity index (χ2n) is 6.87. The Morgan fingerprint density at radius 1 is 1.10 bits per heavy atom. The summed E-state index contributed by atoms with van der Waals surface area (Å²) in [5.41, 5.74) is 1.05. The molecule has 1 amide bonds. The van der Waals surface area contributed by atoms with Gasteiger partial charge >= 0.3 is 0 Å². The van der Waals surface area contributed by atoms with Crippen LogP contribution in [0.1, 0.15) is 12.0 Å². The number of hydrogen-bond donors (Lipinski definition) is 1. The molecule has 0 fully saturated rings. The van der Waals surface area contributed by atoms with Gasteiger partial charge in [-0.3, -0.25) is 4.79 Å². The zero-order valence-electron chi connectivity index (χ0n) is 17.1. The molecule has 0 saturated heterocycles. The van der Waals surface area contributed by atoms with Crippen molar-refractivity contribution in [2.45, 2.75) is 17.7 Å². The van der Waals surface area contributed by atoms with Gasteiger partial charge in [0, 0.05) is 26.1 Å². The third-order valence-corrected chi connectivity index (χ3v) is 6.49. The van der Waals surface area contributed by atoms with E-state index in [1.165, 1.54) is 19.2 Å². The number of nitrogens with zero attached hydrogens (tertiary/aromatic N) is 1. The lowest BCUT2D eigenvalue weighted by Gasteiger charge is -2.18. The summed E-state index contributed by atoms with van der Waals surface area (Å²) < 4.78 is 42.9. The van der Waals surface area contributed by atoms with Gasteiger partial charge in [-0.15, -0.1) is 0 Å².